The number of fused-ring (bicyclic) bond motifs is 1. The summed E-state index contributed by atoms with van der Waals surface area (Å²) < 4.78 is 40.6. The van der Waals surface area contributed by atoms with Crippen LogP contribution in [0.25, 0.3) is 21.6 Å². The molecule has 1 aromatic carbocycles. The Morgan fingerprint density at radius 3 is 2.38 bits per heavy atom. The van der Waals surface area contributed by atoms with E-state index in [1.54, 1.807) is 24.3 Å². The van der Waals surface area contributed by atoms with Gasteiger partial charge in [0, 0.05) is 18.7 Å². The van der Waals surface area contributed by atoms with E-state index in [2.05, 4.69) is 9.97 Å². The lowest BCUT2D eigenvalue weighted by Gasteiger charge is -2.12. The highest BCUT2D eigenvalue weighted by atomic mass is 32.1. The van der Waals surface area contributed by atoms with E-state index in [-0.39, 0.29) is 5.52 Å². The van der Waals surface area contributed by atoms with Gasteiger partial charge in [-0.15, -0.1) is 0 Å². The fourth-order valence-corrected chi connectivity index (χ4v) is 3.93. The number of halogens is 3. The minimum absolute atomic E-state index is 0.0471. The Labute approximate surface area is 140 Å². The predicted molar refractivity (Wildman–Crippen MR) is 89.3 cm³/mol. The van der Waals surface area contributed by atoms with Crippen LogP contribution >= 0.6 is 11.3 Å². The third-order valence-electron chi connectivity index (χ3n) is 4.11. The fraction of sp³-hybridized carbons (Fsp3) is 0.294. The van der Waals surface area contributed by atoms with Crippen molar-refractivity contribution in [1.29, 1.82) is 0 Å². The SMILES string of the molecule is FC(F)(F)c1cc(-c2ccccc2)nc2sc(N3CCCC3)nc12. The van der Waals surface area contributed by atoms with Gasteiger partial charge in [-0.05, 0) is 18.9 Å². The van der Waals surface area contributed by atoms with Crippen molar-refractivity contribution in [1.82, 2.24) is 9.97 Å². The van der Waals surface area contributed by atoms with Gasteiger partial charge >= 0.3 is 6.18 Å². The van der Waals surface area contributed by atoms with Crippen molar-refractivity contribution >= 4 is 26.8 Å². The number of benzene rings is 1. The molecule has 0 unspecified atom stereocenters. The van der Waals surface area contributed by atoms with Crippen LogP contribution in [-0.4, -0.2) is 23.1 Å². The Morgan fingerprint density at radius 2 is 1.71 bits per heavy atom. The molecule has 3 nitrogen and oxygen atoms in total. The molecule has 3 aromatic rings. The molecule has 1 aliphatic heterocycles. The first kappa shape index (κ1) is 15.4. The van der Waals surface area contributed by atoms with Gasteiger partial charge in [-0.1, -0.05) is 41.7 Å². The molecule has 0 saturated carbocycles. The molecule has 0 N–H and O–H groups in total. The van der Waals surface area contributed by atoms with E-state index in [1.165, 1.54) is 11.3 Å². The van der Waals surface area contributed by atoms with E-state index in [9.17, 15) is 13.2 Å². The second-order valence-electron chi connectivity index (χ2n) is 5.76. The number of hydrogen-bond acceptors (Lipinski definition) is 4. The van der Waals surface area contributed by atoms with E-state index in [0.717, 1.165) is 32.0 Å². The Hall–Kier alpha value is -2.15. The Morgan fingerprint density at radius 1 is 1.00 bits per heavy atom. The first-order chi connectivity index (χ1) is 11.5. The molecule has 2 aromatic heterocycles. The molecule has 7 heteroatoms. The summed E-state index contributed by atoms with van der Waals surface area (Å²) in [5, 5.41) is 0.630. The minimum atomic E-state index is -4.46. The normalized spacial score (nSPS) is 15.4. The molecule has 0 amide bonds. The Kier molecular flexibility index (Phi) is 3.68. The second kappa shape index (κ2) is 5.73. The minimum Gasteiger partial charge on any atom is -0.348 e. The zero-order chi connectivity index (χ0) is 16.7. The van der Waals surface area contributed by atoms with Crippen LogP contribution in [0.15, 0.2) is 36.4 Å². The quantitative estimate of drug-likeness (QED) is 0.653. The Bertz CT molecular complexity index is 868. The predicted octanol–water partition coefficient (Wildman–Crippen LogP) is 4.98. The first-order valence-corrected chi connectivity index (χ1v) is 8.53. The molecule has 0 spiro atoms. The molecule has 1 aliphatic rings. The smallest absolute Gasteiger partial charge is 0.348 e. The van der Waals surface area contributed by atoms with E-state index >= 15 is 0 Å². The van der Waals surface area contributed by atoms with Crippen LogP contribution in [-0.2, 0) is 6.18 Å². The molecule has 0 atom stereocenters. The van der Waals surface area contributed by atoms with Crippen molar-refractivity contribution in [3.8, 4) is 11.3 Å². The van der Waals surface area contributed by atoms with Crippen molar-refractivity contribution in [3.05, 3.63) is 42.0 Å². The van der Waals surface area contributed by atoms with Gasteiger partial charge in [0.15, 0.2) is 5.13 Å². The summed E-state index contributed by atoms with van der Waals surface area (Å²) in [5.74, 6) is 0. The summed E-state index contributed by atoms with van der Waals surface area (Å²) in [6.45, 7) is 1.68. The van der Waals surface area contributed by atoms with Gasteiger partial charge in [0.1, 0.15) is 10.3 Å². The maximum atomic E-state index is 13.5. The topological polar surface area (TPSA) is 29.0 Å². The average molecular weight is 349 g/mol. The summed E-state index contributed by atoms with van der Waals surface area (Å²) in [5.41, 5.74) is 0.232. The number of anilines is 1. The molecule has 124 valence electrons. The summed E-state index contributed by atoms with van der Waals surface area (Å²) in [7, 11) is 0. The lowest BCUT2D eigenvalue weighted by Crippen LogP contribution is -2.17. The zero-order valence-electron chi connectivity index (χ0n) is 12.7. The van der Waals surface area contributed by atoms with E-state index < -0.39 is 11.7 Å². The summed E-state index contributed by atoms with van der Waals surface area (Å²) >= 11 is 1.24. The van der Waals surface area contributed by atoms with Crippen LogP contribution in [0.4, 0.5) is 18.3 Å². The van der Waals surface area contributed by atoms with Gasteiger partial charge in [-0.2, -0.15) is 13.2 Å². The molecule has 3 heterocycles. The largest absolute Gasteiger partial charge is 0.418 e. The van der Waals surface area contributed by atoms with Gasteiger partial charge in [0.25, 0.3) is 0 Å². The van der Waals surface area contributed by atoms with Crippen molar-refractivity contribution < 1.29 is 13.2 Å². The van der Waals surface area contributed by atoms with Gasteiger partial charge in [0.2, 0.25) is 0 Å². The van der Waals surface area contributed by atoms with Crippen molar-refractivity contribution in [2.24, 2.45) is 0 Å². The fourth-order valence-electron chi connectivity index (χ4n) is 2.92. The van der Waals surface area contributed by atoms with Gasteiger partial charge in [0.05, 0.1) is 11.3 Å². The highest BCUT2D eigenvalue weighted by Gasteiger charge is 2.35. The molecular weight excluding hydrogens is 335 g/mol. The lowest BCUT2D eigenvalue weighted by atomic mass is 10.1. The number of pyridine rings is 1. The standard InChI is InChI=1S/C17H14F3N3S/c18-17(19,20)12-10-13(11-6-2-1-3-7-11)21-15-14(12)22-16(24-15)23-8-4-5-9-23/h1-3,6-7,10H,4-5,8-9H2. The average Bonchev–Trinajstić information content (AvgIpc) is 3.22. The monoisotopic (exact) mass is 349 g/mol. The lowest BCUT2D eigenvalue weighted by molar-refractivity contribution is -0.136. The molecule has 1 saturated heterocycles. The first-order valence-electron chi connectivity index (χ1n) is 7.71. The number of rotatable bonds is 2. The van der Waals surface area contributed by atoms with Crippen molar-refractivity contribution in [2.45, 2.75) is 19.0 Å². The van der Waals surface area contributed by atoms with Crippen molar-refractivity contribution in [2.75, 3.05) is 18.0 Å². The van der Waals surface area contributed by atoms with Crippen LogP contribution in [0, 0.1) is 0 Å². The molecule has 0 bridgehead atoms. The second-order valence-corrected chi connectivity index (χ2v) is 6.72. The maximum absolute atomic E-state index is 13.5. The van der Waals surface area contributed by atoms with E-state index in [4.69, 9.17) is 0 Å². The highest BCUT2D eigenvalue weighted by Crippen LogP contribution is 2.40. The van der Waals surface area contributed by atoms with Gasteiger partial charge in [-0.3, -0.25) is 0 Å². The Balaban J connectivity index is 1.91. The molecule has 0 aliphatic carbocycles. The highest BCUT2D eigenvalue weighted by molar-refractivity contribution is 7.21. The van der Waals surface area contributed by atoms with Crippen LogP contribution in [0.2, 0.25) is 0 Å². The number of thiazole rings is 1. The summed E-state index contributed by atoms with van der Waals surface area (Å²) in [4.78, 5) is 11.1. The van der Waals surface area contributed by atoms with Crippen LogP contribution < -0.4 is 4.90 Å². The van der Waals surface area contributed by atoms with Gasteiger partial charge in [-0.25, -0.2) is 9.97 Å². The third-order valence-corrected chi connectivity index (χ3v) is 5.12. The van der Waals surface area contributed by atoms with E-state index in [0.29, 0.717) is 21.2 Å². The van der Waals surface area contributed by atoms with Crippen LogP contribution in [0.1, 0.15) is 18.4 Å². The molecule has 4 rings (SSSR count). The molecular formula is C17H14F3N3S. The summed E-state index contributed by atoms with van der Waals surface area (Å²) in [6, 6.07) is 10.0. The van der Waals surface area contributed by atoms with Gasteiger partial charge < -0.3 is 4.90 Å². The molecule has 24 heavy (non-hydrogen) atoms. The molecule has 0 radical (unpaired) electrons. The van der Waals surface area contributed by atoms with Crippen LogP contribution in [0.5, 0.6) is 0 Å². The maximum Gasteiger partial charge on any atom is 0.418 e. The number of aromatic nitrogens is 2. The van der Waals surface area contributed by atoms with E-state index in [1.807, 2.05) is 11.0 Å². The van der Waals surface area contributed by atoms with Crippen LogP contribution in [0.3, 0.4) is 0 Å². The van der Waals surface area contributed by atoms with Crippen molar-refractivity contribution in [3.63, 3.8) is 0 Å². The number of nitrogens with zero attached hydrogens (tertiary/aromatic N) is 3. The number of alkyl halides is 3. The third kappa shape index (κ3) is 2.73. The zero-order valence-corrected chi connectivity index (χ0v) is 13.5. The molecule has 1 fully saturated rings. The number of hydrogen-bond donors (Lipinski definition) is 0. The summed E-state index contributed by atoms with van der Waals surface area (Å²) in [6.07, 6.45) is -2.36.